The molecule has 0 bridgehead atoms. The van der Waals surface area contributed by atoms with Gasteiger partial charge in [0.2, 0.25) is 0 Å². The third-order valence-corrected chi connectivity index (χ3v) is 2.39. The monoisotopic (exact) mass is 290 g/mol. The molecule has 0 fully saturated rings. The zero-order valence-corrected chi connectivity index (χ0v) is 9.33. The molecule has 4 nitrogen and oxygen atoms in total. The van der Waals surface area contributed by atoms with Crippen molar-refractivity contribution in [2.24, 2.45) is 0 Å². The maximum absolute atomic E-state index is 12.4. The van der Waals surface area contributed by atoms with Crippen LogP contribution in [0.2, 0.25) is 0 Å². The summed E-state index contributed by atoms with van der Waals surface area (Å²) < 4.78 is 24.8. The Labute approximate surface area is 97.7 Å². The third-order valence-electron chi connectivity index (χ3n) is 1.82. The second-order valence-corrected chi connectivity index (χ2v) is 3.33. The number of carbonyl (C=O) groups is 1. The molecule has 0 unspecified atom stereocenters. The Hall–Kier alpha value is -1.55. The van der Waals surface area contributed by atoms with Gasteiger partial charge in [0.05, 0.1) is 11.6 Å². The Kier molecular flexibility index (Phi) is 3.90. The molecule has 0 aliphatic rings. The largest absolute Gasteiger partial charge is 0.477 e. The van der Waals surface area contributed by atoms with E-state index in [1.165, 1.54) is 0 Å². The second-order valence-electron chi connectivity index (χ2n) is 2.77. The van der Waals surface area contributed by atoms with Crippen LogP contribution in [0.25, 0.3) is 0 Å². The Morgan fingerprint density at radius 3 is 2.69 bits per heavy atom. The highest BCUT2D eigenvalue weighted by Crippen LogP contribution is 2.23. The lowest BCUT2D eigenvalue weighted by molar-refractivity contribution is 0.0687. The first kappa shape index (κ1) is 12.5. The zero-order chi connectivity index (χ0) is 12.3. The van der Waals surface area contributed by atoms with Crippen molar-refractivity contribution in [3.05, 3.63) is 28.6 Å². The van der Waals surface area contributed by atoms with E-state index in [9.17, 15) is 13.6 Å². The minimum atomic E-state index is -2.91. The lowest BCUT2D eigenvalue weighted by Crippen LogP contribution is -2.09. The molecule has 0 saturated heterocycles. The van der Waals surface area contributed by atoms with E-state index < -0.39 is 23.8 Å². The molecule has 1 aromatic heterocycles. The standard InChI is InChI=1S/C9H5BrF2N2O2/c10-2-5-4(3-13)1-6(8(11)12)14-7(5)9(15)16/h1,8H,2H2,(H,15,16). The normalized spacial score (nSPS) is 10.2. The number of halogens is 3. The molecule has 84 valence electrons. The van der Waals surface area contributed by atoms with Gasteiger partial charge in [0, 0.05) is 10.9 Å². The van der Waals surface area contributed by atoms with Crippen LogP contribution < -0.4 is 0 Å². The Bertz CT molecular complexity index is 471. The van der Waals surface area contributed by atoms with E-state index in [0.29, 0.717) is 0 Å². The number of nitriles is 1. The summed E-state index contributed by atoms with van der Waals surface area (Å²) in [6.45, 7) is 0. The van der Waals surface area contributed by atoms with Gasteiger partial charge in [-0.1, -0.05) is 15.9 Å². The number of alkyl halides is 3. The summed E-state index contributed by atoms with van der Waals surface area (Å²) in [6, 6.07) is 2.57. The predicted octanol–water partition coefficient (Wildman–Crippen LogP) is 2.48. The summed E-state index contributed by atoms with van der Waals surface area (Å²) in [4.78, 5) is 14.1. The van der Waals surface area contributed by atoms with Crippen LogP contribution >= 0.6 is 15.9 Å². The first-order valence-corrected chi connectivity index (χ1v) is 5.14. The van der Waals surface area contributed by atoms with Crippen LogP contribution in [0.3, 0.4) is 0 Å². The first-order valence-electron chi connectivity index (χ1n) is 4.02. The van der Waals surface area contributed by atoms with Crippen LogP contribution in [0.5, 0.6) is 0 Å². The van der Waals surface area contributed by atoms with Gasteiger partial charge >= 0.3 is 5.97 Å². The van der Waals surface area contributed by atoms with Gasteiger partial charge in [-0.3, -0.25) is 0 Å². The highest BCUT2D eigenvalue weighted by atomic mass is 79.9. The number of nitrogens with zero attached hydrogens (tertiary/aromatic N) is 2. The van der Waals surface area contributed by atoms with Crippen molar-refractivity contribution >= 4 is 21.9 Å². The summed E-state index contributed by atoms with van der Waals surface area (Å²) in [5.74, 6) is -1.44. The molecule has 0 spiro atoms. The fourth-order valence-electron chi connectivity index (χ4n) is 1.12. The Morgan fingerprint density at radius 1 is 1.69 bits per heavy atom. The SMILES string of the molecule is N#Cc1cc(C(F)F)nc(C(=O)O)c1CBr. The molecule has 0 aromatic carbocycles. The van der Waals surface area contributed by atoms with E-state index in [1.807, 2.05) is 0 Å². The zero-order valence-electron chi connectivity index (χ0n) is 7.75. The van der Waals surface area contributed by atoms with E-state index in [-0.39, 0.29) is 16.5 Å². The Morgan fingerprint density at radius 2 is 2.31 bits per heavy atom. The summed E-state index contributed by atoms with van der Waals surface area (Å²) in [5.41, 5.74) is -1.25. The summed E-state index contributed by atoms with van der Waals surface area (Å²) in [7, 11) is 0. The van der Waals surface area contributed by atoms with E-state index >= 15 is 0 Å². The molecule has 1 heterocycles. The fourth-order valence-corrected chi connectivity index (χ4v) is 1.68. The average molecular weight is 291 g/mol. The van der Waals surface area contributed by atoms with Crippen LogP contribution in [0.15, 0.2) is 6.07 Å². The molecule has 0 atom stereocenters. The van der Waals surface area contributed by atoms with Crippen LogP contribution in [-0.4, -0.2) is 16.1 Å². The molecule has 1 rings (SSSR count). The molecule has 0 aliphatic heterocycles. The molecule has 16 heavy (non-hydrogen) atoms. The van der Waals surface area contributed by atoms with Gasteiger partial charge in [-0.15, -0.1) is 0 Å². The first-order chi connectivity index (χ1) is 7.51. The van der Waals surface area contributed by atoms with Crippen LogP contribution in [0.1, 0.15) is 33.7 Å². The van der Waals surface area contributed by atoms with Crippen molar-refractivity contribution in [2.75, 3.05) is 0 Å². The van der Waals surface area contributed by atoms with Gasteiger partial charge in [0.25, 0.3) is 6.43 Å². The van der Waals surface area contributed by atoms with Gasteiger partial charge in [-0.2, -0.15) is 5.26 Å². The number of carboxylic acid groups (broad SMARTS) is 1. The number of carboxylic acids is 1. The van der Waals surface area contributed by atoms with E-state index in [2.05, 4.69) is 20.9 Å². The quantitative estimate of drug-likeness (QED) is 0.868. The maximum Gasteiger partial charge on any atom is 0.354 e. The van der Waals surface area contributed by atoms with Crippen LogP contribution in [0.4, 0.5) is 8.78 Å². The number of pyridine rings is 1. The second kappa shape index (κ2) is 4.99. The smallest absolute Gasteiger partial charge is 0.354 e. The van der Waals surface area contributed by atoms with Gasteiger partial charge in [-0.25, -0.2) is 18.6 Å². The summed E-state index contributed by atoms with van der Waals surface area (Å²) in [5, 5.41) is 17.6. The highest BCUT2D eigenvalue weighted by Gasteiger charge is 2.20. The minimum absolute atomic E-state index is 0.0635. The lowest BCUT2D eigenvalue weighted by atomic mass is 10.1. The van der Waals surface area contributed by atoms with Crippen LogP contribution in [0, 0.1) is 11.3 Å². The van der Waals surface area contributed by atoms with Gasteiger partial charge in [-0.05, 0) is 6.07 Å². The van der Waals surface area contributed by atoms with E-state index in [4.69, 9.17) is 10.4 Å². The summed E-state index contributed by atoms with van der Waals surface area (Å²) >= 11 is 2.99. The molecule has 7 heteroatoms. The van der Waals surface area contributed by atoms with E-state index in [0.717, 1.165) is 6.07 Å². The van der Waals surface area contributed by atoms with Crippen LogP contribution in [-0.2, 0) is 5.33 Å². The van der Waals surface area contributed by atoms with Gasteiger partial charge in [0.15, 0.2) is 5.69 Å². The minimum Gasteiger partial charge on any atom is -0.477 e. The molecule has 0 saturated carbocycles. The Balaban J connectivity index is 3.51. The topological polar surface area (TPSA) is 74.0 Å². The third kappa shape index (κ3) is 2.33. The van der Waals surface area contributed by atoms with Crippen molar-refractivity contribution in [1.29, 1.82) is 5.26 Å². The highest BCUT2D eigenvalue weighted by molar-refractivity contribution is 9.08. The van der Waals surface area contributed by atoms with Crippen molar-refractivity contribution in [2.45, 2.75) is 11.8 Å². The van der Waals surface area contributed by atoms with Crippen molar-refractivity contribution in [3.8, 4) is 6.07 Å². The van der Waals surface area contributed by atoms with Gasteiger partial charge in [0.1, 0.15) is 5.69 Å². The molecule has 1 aromatic rings. The average Bonchev–Trinajstić information content (AvgIpc) is 2.26. The summed E-state index contributed by atoms with van der Waals surface area (Å²) in [6.07, 6.45) is -2.91. The molecular weight excluding hydrogens is 286 g/mol. The molecule has 0 radical (unpaired) electrons. The maximum atomic E-state index is 12.4. The number of hydrogen-bond donors (Lipinski definition) is 1. The number of rotatable bonds is 3. The molecule has 1 N–H and O–H groups in total. The van der Waals surface area contributed by atoms with Crippen molar-refractivity contribution in [1.82, 2.24) is 4.98 Å². The lowest BCUT2D eigenvalue weighted by Gasteiger charge is -2.07. The van der Waals surface area contributed by atoms with Crippen molar-refractivity contribution < 1.29 is 18.7 Å². The van der Waals surface area contributed by atoms with E-state index in [1.54, 1.807) is 6.07 Å². The molecule has 0 amide bonds. The molecule has 0 aliphatic carbocycles. The van der Waals surface area contributed by atoms with Crippen molar-refractivity contribution in [3.63, 3.8) is 0 Å². The number of hydrogen-bond acceptors (Lipinski definition) is 3. The fraction of sp³-hybridized carbons (Fsp3) is 0.222. The number of aromatic carboxylic acids is 1. The van der Waals surface area contributed by atoms with Gasteiger partial charge < -0.3 is 5.11 Å². The molecular formula is C9H5BrF2N2O2. The predicted molar refractivity (Wildman–Crippen MR) is 53.5 cm³/mol. The number of aromatic nitrogens is 1.